The fraction of sp³-hybridized carbons (Fsp3) is 0.407. The van der Waals surface area contributed by atoms with Crippen molar-refractivity contribution in [2.24, 2.45) is 10.8 Å². The molecule has 9 nitrogen and oxygen atoms in total. The highest BCUT2D eigenvalue weighted by Gasteiger charge is 2.36. The summed E-state index contributed by atoms with van der Waals surface area (Å²) in [4.78, 5) is 40.7. The van der Waals surface area contributed by atoms with Gasteiger partial charge >= 0.3 is 0 Å². The molecule has 0 aliphatic carbocycles. The fourth-order valence-corrected chi connectivity index (χ4v) is 4.59. The van der Waals surface area contributed by atoms with Crippen molar-refractivity contribution in [2.45, 2.75) is 57.5 Å². The summed E-state index contributed by atoms with van der Waals surface area (Å²) in [6.07, 6.45) is 4.58. The van der Waals surface area contributed by atoms with Crippen LogP contribution in [0.15, 0.2) is 59.7 Å². The molecule has 9 heteroatoms. The second-order valence-electron chi connectivity index (χ2n) is 9.25. The maximum atomic E-state index is 13.2. The van der Waals surface area contributed by atoms with Crippen molar-refractivity contribution in [3.8, 4) is 0 Å². The second kappa shape index (κ2) is 11.7. The Morgan fingerprint density at radius 2 is 1.78 bits per heavy atom. The molecule has 0 bridgehead atoms. The van der Waals surface area contributed by atoms with Gasteiger partial charge in [-0.1, -0.05) is 44.0 Å². The molecular formula is C27H34N6O3. The molecule has 0 radical (unpaired) electrons. The average Bonchev–Trinajstić information content (AvgIpc) is 3.58. The van der Waals surface area contributed by atoms with Crippen LogP contribution < -0.4 is 26.3 Å². The van der Waals surface area contributed by atoms with Crippen LogP contribution in [0.4, 0.5) is 17.1 Å². The minimum atomic E-state index is -0.760. The molecule has 36 heavy (non-hydrogen) atoms. The van der Waals surface area contributed by atoms with E-state index in [2.05, 4.69) is 20.6 Å². The zero-order valence-corrected chi connectivity index (χ0v) is 20.7. The molecule has 2 atom stereocenters. The quantitative estimate of drug-likeness (QED) is 0.473. The molecule has 2 aromatic carbocycles. The Labute approximate surface area is 211 Å². The number of carbonyl (C=O) groups is 3. The van der Waals surface area contributed by atoms with Gasteiger partial charge < -0.3 is 21.3 Å². The lowest BCUT2D eigenvalue weighted by Gasteiger charge is -2.20. The predicted molar refractivity (Wildman–Crippen MR) is 142 cm³/mol. The number of unbranched alkanes of at least 4 members (excludes halogenated alkanes) is 1. The third kappa shape index (κ3) is 6.02. The van der Waals surface area contributed by atoms with E-state index >= 15 is 0 Å². The van der Waals surface area contributed by atoms with Crippen LogP contribution in [0.25, 0.3) is 0 Å². The number of nitrogens with two attached hydrogens (primary N) is 1. The highest BCUT2D eigenvalue weighted by Crippen LogP contribution is 2.25. The zero-order chi connectivity index (χ0) is 25.5. The molecule has 0 saturated carbocycles. The summed E-state index contributed by atoms with van der Waals surface area (Å²) in [5.41, 5.74) is 8.21. The van der Waals surface area contributed by atoms with Crippen molar-refractivity contribution in [3.05, 3.63) is 54.6 Å². The molecule has 0 spiro atoms. The Balaban J connectivity index is 1.46. The number of primary amides is 1. The number of hydrazone groups is 1. The fourth-order valence-electron chi connectivity index (χ4n) is 4.59. The summed E-state index contributed by atoms with van der Waals surface area (Å²) in [5.74, 6) is -1.31. The number of para-hydroxylation sites is 1. The van der Waals surface area contributed by atoms with E-state index in [1.54, 1.807) is 12.1 Å². The van der Waals surface area contributed by atoms with E-state index in [4.69, 9.17) is 5.73 Å². The number of amides is 3. The molecule has 2 heterocycles. The molecule has 2 aliphatic heterocycles. The second-order valence-corrected chi connectivity index (χ2v) is 9.25. The van der Waals surface area contributed by atoms with E-state index in [0.29, 0.717) is 17.8 Å². The van der Waals surface area contributed by atoms with Crippen LogP contribution in [0, 0.1) is 0 Å². The molecule has 4 N–H and O–H groups in total. The Kier molecular flexibility index (Phi) is 8.20. The van der Waals surface area contributed by atoms with Crippen LogP contribution >= 0.6 is 0 Å². The lowest BCUT2D eigenvalue weighted by Crippen LogP contribution is -2.46. The van der Waals surface area contributed by atoms with Gasteiger partial charge in [-0.05, 0) is 49.6 Å². The third-order valence-corrected chi connectivity index (χ3v) is 6.57. The van der Waals surface area contributed by atoms with Crippen LogP contribution in [0.2, 0.25) is 0 Å². The first-order valence-electron chi connectivity index (χ1n) is 12.6. The van der Waals surface area contributed by atoms with Gasteiger partial charge in [0.1, 0.15) is 17.8 Å². The van der Waals surface area contributed by atoms with E-state index in [-0.39, 0.29) is 18.0 Å². The highest BCUT2D eigenvalue weighted by molar-refractivity contribution is 6.40. The zero-order valence-electron chi connectivity index (χ0n) is 20.7. The molecule has 3 amide bonds. The maximum absolute atomic E-state index is 13.2. The largest absolute Gasteiger partial charge is 0.371 e. The number of hydrogen-bond acceptors (Lipinski definition) is 6. The van der Waals surface area contributed by atoms with E-state index < -0.39 is 23.9 Å². The minimum Gasteiger partial charge on any atom is -0.371 e. The first-order chi connectivity index (χ1) is 17.5. The van der Waals surface area contributed by atoms with Crippen LogP contribution in [-0.2, 0) is 14.4 Å². The van der Waals surface area contributed by atoms with Gasteiger partial charge in [0.2, 0.25) is 11.8 Å². The molecule has 1 saturated heterocycles. The van der Waals surface area contributed by atoms with Crippen molar-refractivity contribution in [3.63, 3.8) is 0 Å². The Morgan fingerprint density at radius 3 is 2.47 bits per heavy atom. The third-order valence-electron chi connectivity index (χ3n) is 6.57. The standard InChI is InChI=1S/C27H34N6O3/c1-2-3-14-22(26(35)29-19-10-9-13-21(17-19)32-15-7-8-16-32)30-27(36)23-18-24(25(28)34)33(31-23)20-11-5-4-6-12-20/h4-6,9-13,17,22,24H,2-3,7-8,14-16,18H2,1H3,(H2,28,34)(H,29,35)(H,30,36). The molecule has 2 aromatic rings. The van der Waals surface area contributed by atoms with Crippen molar-refractivity contribution >= 4 is 40.5 Å². The Bertz CT molecular complexity index is 1110. The normalized spacial score (nSPS) is 18.0. The van der Waals surface area contributed by atoms with Gasteiger partial charge in [0.25, 0.3) is 5.91 Å². The molecule has 4 rings (SSSR count). The predicted octanol–water partition coefficient (Wildman–Crippen LogP) is 3.02. The van der Waals surface area contributed by atoms with Crippen molar-refractivity contribution < 1.29 is 14.4 Å². The molecular weight excluding hydrogens is 456 g/mol. The molecule has 0 aromatic heterocycles. The van der Waals surface area contributed by atoms with Gasteiger partial charge in [-0.3, -0.25) is 19.4 Å². The van der Waals surface area contributed by atoms with E-state index in [1.165, 1.54) is 17.9 Å². The number of hydrogen-bond donors (Lipinski definition) is 3. The van der Waals surface area contributed by atoms with Gasteiger partial charge in [-0.2, -0.15) is 5.10 Å². The number of anilines is 3. The molecule has 2 aliphatic rings. The lowest BCUT2D eigenvalue weighted by molar-refractivity contribution is -0.123. The van der Waals surface area contributed by atoms with E-state index in [9.17, 15) is 14.4 Å². The number of benzene rings is 2. The number of rotatable bonds is 10. The van der Waals surface area contributed by atoms with Gasteiger partial charge in [0, 0.05) is 30.9 Å². The number of nitrogens with zero attached hydrogens (tertiary/aromatic N) is 3. The topological polar surface area (TPSA) is 120 Å². The first-order valence-corrected chi connectivity index (χ1v) is 12.6. The van der Waals surface area contributed by atoms with E-state index in [0.717, 1.165) is 31.6 Å². The molecule has 1 fully saturated rings. The highest BCUT2D eigenvalue weighted by atomic mass is 16.2. The average molecular weight is 491 g/mol. The molecule has 190 valence electrons. The summed E-state index contributed by atoms with van der Waals surface area (Å²) in [5, 5.41) is 11.7. The summed E-state index contributed by atoms with van der Waals surface area (Å²) in [6, 6.07) is 15.4. The summed E-state index contributed by atoms with van der Waals surface area (Å²) in [6.45, 7) is 4.06. The Morgan fingerprint density at radius 1 is 1.06 bits per heavy atom. The minimum absolute atomic E-state index is 0.0794. The van der Waals surface area contributed by atoms with Gasteiger partial charge in [-0.15, -0.1) is 0 Å². The van der Waals surface area contributed by atoms with Crippen LogP contribution in [0.1, 0.15) is 45.4 Å². The first kappa shape index (κ1) is 25.2. The van der Waals surface area contributed by atoms with E-state index in [1.807, 2.05) is 49.4 Å². The number of carbonyl (C=O) groups excluding carboxylic acids is 3. The summed E-state index contributed by atoms with van der Waals surface area (Å²) >= 11 is 0. The van der Waals surface area contributed by atoms with Crippen LogP contribution in [-0.4, -0.2) is 48.6 Å². The van der Waals surface area contributed by atoms with Crippen molar-refractivity contribution in [1.82, 2.24) is 5.32 Å². The van der Waals surface area contributed by atoms with Crippen molar-refractivity contribution in [1.29, 1.82) is 0 Å². The monoisotopic (exact) mass is 490 g/mol. The Hall–Kier alpha value is -3.88. The van der Waals surface area contributed by atoms with Crippen LogP contribution in [0.5, 0.6) is 0 Å². The van der Waals surface area contributed by atoms with Gasteiger partial charge in [-0.25, -0.2) is 0 Å². The van der Waals surface area contributed by atoms with Gasteiger partial charge in [0.05, 0.1) is 5.69 Å². The molecule has 2 unspecified atom stereocenters. The van der Waals surface area contributed by atoms with Crippen LogP contribution in [0.3, 0.4) is 0 Å². The number of nitrogens with one attached hydrogen (secondary N) is 2. The van der Waals surface area contributed by atoms with Crippen molar-refractivity contribution in [2.75, 3.05) is 28.3 Å². The lowest BCUT2D eigenvalue weighted by atomic mass is 10.1. The summed E-state index contributed by atoms with van der Waals surface area (Å²) < 4.78 is 0. The SMILES string of the molecule is CCCCC(NC(=O)C1=NN(c2ccccc2)C(C(N)=O)C1)C(=O)Nc1cccc(N2CCCC2)c1. The smallest absolute Gasteiger partial charge is 0.268 e. The maximum Gasteiger partial charge on any atom is 0.268 e. The summed E-state index contributed by atoms with van der Waals surface area (Å²) in [7, 11) is 0. The van der Waals surface area contributed by atoms with Gasteiger partial charge in [0.15, 0.2) is 0 Å².